The molecule has 202 valence electrons. The van der Waals surface area contributed by atoms with Gasteiger partial charge >= 0.3 is 0 Å². The number of nitrogens with zero attached hydrogens (tertiary/aromatic N) is 4. The topological polar surface area (TPSA) is 112 Å². The zero-order valence-corrected chi connectivity index (χ0v) is 21.7. The average molecular weight is 552 g/mol. The van der Waals surface area contributed by atoms with Gasteiger partial charge in [-0.15, -0.1) is 0 Å². The van der Waals surface area contributed by atoms with Crippen LogP contribution in [0.4, 0.5) is 31.9 Å². The van der Waals surface area contributed by atoms with Crippen LogP contribution in [-0.4, -0.2) is 46.8 Å². The van der Waals surface area contributed by atoms with Gasteiger partial charge in [0.1, 0.15) is 11.6 Å². The van der Waals surface area contributed by atoms with Crippen LogP contribution in [0.2, 0.25) is 0 Å². The smallest absolute Gasteiger partial charge is 0.243 e. The van der Waals surface area contributed by atoms with Gasteiger partial charge in [0.2, 0.25) is 21.9 Å². The molecule has 0 radical (unpaired) electrons. The number of sulfonamides is 1. The second kappa shape index (κ2) is 11.8. The van der Waals surface area contributed by atoms with Crippen LogP contribution in [0, 0.1) is 11.8 Å². The summed E-state index contributed by atoms with van der Waals surface area (Å²) in [6.07, 6.45) is 4.23. The predicted octanol–water partition coefficient (Wildman–Crippen LogP) is 4.58. The molecule has 0 unspecified atom stereocenters. The molecular weight excluding hydrogens is 524 g/mol. The first-order valence-electron chi connectivity index (χ1n) is 12.4. The highest BCUT2D eigenvalue weighted by Gasteiger charge is 2.29. The molecule has 0 atom stereocenters. The van der Waals surface area contributed by atoms with E-state index in [9.17, 15) is 17.2 Å². The lowest BCUT2D eigenvalue weighted by Crippen LogP contribution is -2.44. The number of piperidine rings is 1. The molecular formula is C27H27F2N7O2S. The molecule has 1 aliphatic rings. The fraction of sp³-hybridized carbons (Fsp3) is 0.222. The first-order valence-corrected chi connectivity index (χ1v) is 13.9. The highest BCUT2D eigenvalue weighted by Crippen LogP contribution is 2.24. The van der Waals surface area contributed by atoms with Gasteiger partial charge in [-0.05, 0) is 73.5 Å². The van der Waals surface area contributed by atoms with E-state index in [1.807, 2.05) is 0 Å². The summed E-state index contributed by atoms with van der Waals surface area (Å²) in [7, 11) is -3.65. The number of hydrogen-bond donors (Lipinski definition) is 3. The predicted molar refractivity (Wildman–Crippen MR) is 144 cm³/mol. The summed E-state index contributed by atoms with van der Waals surface area (Å²) in [6.45, 7) is 1.09. The summed E-state index contributed by atoms with van der Waals surface area (Å²) in [4.78, 5) is 12.4. The molecule has 3 N–H and O–H groups in total. The molecule has 4 aromatic rings. The van der Waals surface area contributed by atoms with Crippen molar-refractivity contribution in [1.29, 1.82) is 0 Å². The van der Waals surface area contributed by atoms with Gasteiger partial charge in [0.15, 0.2) is 0 Å². The molecule has 1 saturated heterocycles. The minimum atomic E-state index is -3.65. The van der Waals surface area contributed by atoms with E-state index >= 15 is 0 Å². The Morgan fingerprint density at radius 2 is 1.54 bits per heavy atom. The molecule has 0 bridgehead atoms. The molecule has 1 fully saturated rings. The Balaban J connectivity index is 1.16. The van der Waals surface area contributed by atoms with E-state index in [0.717, 1.165) is 0 Å². The summed E-state index contributed by atoms with van der Waals surface area (Å²) < 4.78 is 54.7. The van der Waals surface area contributed by atoms with Crippen LogP contribution in [0.5, 0.6) is 0 Å². The Kier molecular flexibility index (Phi) is 8.05. The molecule has 0 saturated carbocycles. The second-order valence-corrected chi connectivity index (χ2v) is 11.0. The zero-order chi connectivity index (χ0) is 27.2. The molecule has 0 spiro atoms. The van der Waals surface area contributed by atoms with Gasteiger partial charge in [-0.3, -0.25) is 0 Å². The molecule has 1 aliphatic heterocycles. The van der Waals surface area contributed by atoms with Crippen LogP contribution >= 0.6 is 0 Å². The summed E-state index contributed by atoms with van der Waals surface area (Å²) in [6, 6.07) is 17.5. The van der Waals surface area contributed by atoms with E-state index in [0.29, 0.717) is 61.2 Å². The fourth-order valence-corrected chi connectivity index (χ4v) is 5.73. The van der Waals surface area contributed by atoms with Gasteiger partial charge in [0.25, 0.3) is 0 Å². The Hall–Kier alpha value is -4.00. The number of anilines is 4. The van der Waals surface area contributed by atoms with E-state index in [2.05, 4.69) is 30.9 Å². The number of rotatable bonds is 9. The maximum Gasteiger partial charge on any atom is 0.243 e. The first-order chi connectivity index (χ1) is 18.9. The van der Waals surface area contributed by atoms with Crippen LogP contribution in [0.3, 0.4) is 0 Å². The van der Waals surface area contributed by atoms with Gasteiger partial charge in [0.05, 0.1) is 4.90 Å². The molecule has 3 heterocycles. The summed E-state index contributed by atoms with van der Waals surface area (Å²) >= 11 is 0. The molecule has 2 aromatic carbocycles. The number of hydrogen-bond acceptors (Lipinski definition) is 8. The minimum absolute atomic E-state index is 0.0935. The third kappa shape index (κ3) is 6.72. The standard InChI is InChI=1S/C27H27F2N7O2S/c28-20-3-5-22(6-4-20)33-25-11-15-31-27(35-25)34-23-7-9-24(10-8-23)39(37,38)36-16-12-21(13-17-36)32-18-19-2-1-14-30-26(19)29/h1-11,14-15,21,32H,12-13,16-18H2,(H2,31,33,34,35). The lowest BCUT2D eigenvalue weighted by Gasteiger charge is -2.31. The van der Waals surface area contributed by atoms with Gasteiger partial charge in [-0.25, -0.2) is 22.8 Å². The molecule has 39 heavy (non-hydrogen) atoms. The SMILES string of the molecule is O=S(=O)(c1ccc(Nc2nccc(Nc3ccc(F)cc3)n2)cc1)N1CCC(NCc2cccnc2F)CC1. The number of aromatic nitrogens is 3. The lowest BCUT2D eigenvalue weighted by molar-refractivity contribution is 0.287. The number of nitrogens with one attached hydrogen (secondary N) is 3. The van der Waals surface area contributed by atoms with Crippen molar-refractivity contribution in [3.63, 3.8) is 0 Å². The molecule has 12 heteroatoms. The van der Waals surface area contributed by atoms with Gasteiger partial charge in [-0.2, -0.15) is 13.7 Å². The van der Waals surface area contributed by atoms with Crippen molar-refractivity contribution in [2.24, 2.45) is 0 Å². The van der Waals surface area contributed by atoms with Gasteiger partial charge in [-0.1, -0.05) is 6.07 Å². The lowest BCUT2D eigenvalue weighted by atomic mass is 10.1. The van der Waals surface area contributed by atoms with Crippen molar-refractivity contribution >= 4 is 33.2 Å². The maximum atomic E-state index is 13.7. The van der Waals surface area contributed by atoms with Gasteiger partial charge < -0.3 is 16.0 Å². The van der Waals surface area contributed by atoms with Crippen molar-refractivity contribution in [2.45, 2.75) is 30.3 Å². The summed E-state index contributed by atoms with van der Waals surface area (Å²) in [5, 5.41) is 9.44. The largest absolute Gasteiger partial charge is 0.340 e. The van der Waals surface area contributed by atoms with E-state index in [-0.39, 0.29) is 16.8 Å². The first kappa shape index (κ1) is 26.6. The van der Waals surface area contributed by atoms with Crippen LogP contribution in [0.15, 0.2) is 84.0 Å². The van der Waals surface area contributed by atoms with Crippen molar-refractivity contribution in [3.8, 4) is 0 Å². The highest BCUT2D eigenvalue weighted by molar-refractivity contribution is 7.89. The second-order valence-electron chi connectivity index (χ2n) is 9.06. The fourth-order valence-electron chi connectivity index (χ4n) is 4.26. The normalized spacial score (nSPS) is 14.7. The monoisotopic (exact) mass is 551 g/mol. The van der Waals surface area contributed by atoms with E-state index in [4.69, 9.17) is 0 Å². The maximum absolute atomic E-state index is 13.7. The average Bonchev–Trinajstić information content (AvgIpc) is 2.95. The van der Waals surface area contributed by atoms with Crippen molar-refractivity contribution in [3.05, 3.63) is 96.5 Å². The van der Waals surface area contributed by atoms with Crippen molar-refractivity contribution < 1.29 is 17.2 Å². The summed E-state index contributed by atoms with van der Waals surface area (Å²) in [5.41, 5.74) is 1.79. The molecule has 5 rings (SSSR count). The Morgan fingerprint density at radius 1 is 0.846 bits per heavy atom. The van der Waals surface area contributed by atoms with Crippen molar-refractivity contribution in [2.75, 3.05) is 23.7 Å². The zero-order valence-electron chi connectivity index (χ0n) is 20.9. The van der Waals surface area contributed by atoms with E-state index in [1.54, 1.807) is 60.8 Å². The molecule has 9 nitrogen and oxygen atoms in total. The highest BCUT2D eigenvalue weighted by atomic mass is 32.2. The van der Waals surface area contributed by atoms with Crippen LogP contribution < -0.4 is 16.0 Å². The van der Waals surface area contributed by atoms with E-state index < -0.39 is 16.0 Å². The third-order valence-electron chi connectivity index (χ3n) is 6.39. The van der Waals surface area contributed by atoms with Crippen LogP contribution in [0.25, 0.3) is 0 Å². The Labute approximate surface area is 225 Å². The minimum Gasteiger partial charge on any atom is -0.340 e. The number of pyridine rings is 1. The van der Waals surface area contributed by atoms with Gasteiger partial charge in [0, 0.05) is 55.0 Å². The quantitative estimate of drug-likeness (QED) is 0.259. The number of halogens is 2. The molecule has 0 amide bonds. The van der Waals surface area contributed by atoms with Crippen LogP contribution in [-0.2, 0) is 16.6 Å². The molecule has 0 aliphatic carbocycles. The third-order valence-corrected chi connectivity index (χ3v) is 8.30. The van der Waals surface area contributed by atoms with Crippen LogP contribution in [0.1, 0.15) is 18.4 Å². The Morgan fingerprint density at radius 3 is 2.26 bits per heavy atom. The van der Waals surface area contributed by atoms with E-state index in [1.165, 1.54) is 22.6 Å². The van der Waals surface area contributed by atoms with Crippen molar-refractivity contribution in [1.82, 2.24) is 24.6 Å². The summed E-state index contributed by atoms with van der Waals surface area (Å²) in [5.74, 6) is 0.0104. The Bertz CT molecular complexity index is 1510. The molecule has 2 aromatic heterocycles. The number of benzene rings is 2.